The Morgan fingerprint density at radius 2 is 2.11 bits per heavy atom. The molecule has 2 rings (SSSR count). The van der Waals surface area contributed by atoms with Crippen LogP contribution in [0.2, 0.25) is 0 Å². The quantitative estimate of drug-likeness (QED) is 0.767. The first-order chi connectivity index (χ1) is 8.99. The molecule has 0 saturated carbocycles. The zero-order valence-corrected chi connectivity index (χ0v) is 10.2. The van der Waals surface area contributed by atoms with E-state index in [2.05, 4.69) is 15.3 Å². The fourth-order valence-electron chi connectivity index (χ4n) is 1.84. The number of anilines is 1. The summed E-state index contributed by atoms with van der Waals surface area (Å²) in [6.45, 7) is 0.313. The van der Waals surface area contributed by atoms with Crippen LogP contribution in [0.1, 0.15) is 16.9 Å². The number of carboxylic acids is 1. The molecule has 1 saturated heterocycles. The van der Waals surface area contributed by atoms with Crippen LogP contribution in [0, 0.1) is 5.92 Å². The summed E-state index contributed by atoms with van der Waals surface area (Å²) in [7, 11) is 1.61. The van der Waals surface area contributed by atoms with Crippen LogP contribution in [0.4, 0.5) is 5.82 Å². The van der Waals surface area contributed by atoms with Gasteiger partial charge in [-0.25, -0.2) is 14.8 Å². The summed E-state index contributed by atoms with van der Waals surface area (Å²) in [6.07, 6.45) is 2.63. The van der Waals surface area contributed by atoms with Crippen LogP contribution in [-0.4, -0.2) is 51.4 Å². The number of rotatable bonds is 3. The molecule has 2 heterocycles. The van der Waals surface area contributed by atoms with Gasteiger partial charge in [0.1, 0.15) is 0 Å². The number of aromatic nitrogens is 2. The van der Waals surface area contributed by atoms with Crippen molar-refractivity contribution in [3.63, 3.8) is 0 Å². The monoisotopic (exact) mass is 264 g/mol. The SMILES string of the molecule is CN1CC(C(=O)Nc2nccnc2C(=O)O)CC1=O. The lowest BCUT2D eigenvalue weighted by molar-refractivity contribution is -0.127. The van der Waals surface area contributed by atoms with Gasteiger partial charge in [0.2, 0.25) is 11.8 Å². The molecular weight excluding hydrogens is 252 g/mol. The summed E-state index contributed by atoms with van der Waals surface area (Å²) in [5.74, 6) is -2.43. The van der Waals surface area contributed by atoms with Gasteiger partial charge in [-0.2, -0.15) is 0 Å². The van der Waals surface area contributed by atoms with Crippen molar-refractivity contribution >= 4 is 23.6 Å². The number of aromatic carboxylic acids is 1. The van der Waals surface area contributed by atoms with Gasteiger partial charge in [-0.15, -0.1) is 0 Å². The largest absolute Gasteiger partial charge is 0.476 e. The highest BCUT2D eigenvalue weighted by Crippen LogP contribution is 2.18. The predicted octanol–water partition coefficient (Wildman–Crippen LogP) is -0.408. The average Bonchev–Trinajstić information content (AvgIpc) is 2.70. The molecule has 1 aromatic rings. The summed E-state index contributed by atoms with van der Waals surface area (Å²) in [5.41, 5.74) is -0.325. The molecule has 1 aromatic heterocycles. The van der Waals surface area contributed by atoms with E-state index in [9.17, 15) is 14.4 Å². The van der Waals surface area contributed by atoms with Crippen molar-refractivity contribution in [2.45, 2.75) is 6.42 Å². The summed E-state index contributed by atoms with van der Waals surface area (Å²) >= 11 is 0. The van der Waals surface area contributed by atoms with Crippen molar-refractivity contribution in [1.82, 2.24) is 14.9 Å². The second kappa shape index (κ2) is 5.01. The Labute approximate surface area is 108 Å². The van der Waals surface area contributed by atoms with Crippen molar-refractivity contribution in [3.8, 4) is 0 Å². The average molecular weight is 264 g/mol. The molecule has 1 aliphatic rings. The Kier molecular flexibility index (Phi) is 3.41. The van der Waals surface area contributed by atoms with E-state index < -0.39 is 17.8 Å². The first-order valence-corrected chi connectivity index (χ1v) is 5.58. The number of carboxylic acid groups (broad SMARTS) is 1. The zero-order valence-electron chi connectivity index (χ0n) is 10.2. The molecule has 0 radical (unpaired) electrons. The minimum atomic E-state index is -1.27. The van der Waals surface area contributed by atoms with E-state index in [0.29, 0.717) is 6.54 Å². The molecule has 1 atom stereocenters. The van der Waals surface area contributed by atoms with Crippen LogP contribution in [0.3, 0.4) is 0 Å². The van der Waals surface area contributed by atoms with Crippen LogP contribution in [0.25, 0.3) is 0 Å². The van der Waals surface area contributed by atoms with Crippen molar-refractivity contribution in [2.24, 2.45) is 5.92 Å². The molecule has 8 heteroatoms. The second-order valence-corrected chi connectivity index (χ2v) is 4.22. The first kappa shape index (κ1) is 12.9. The minimum Gasteiger partial charge on any atom is -0.476 e. The summed E-state index contributed by atoms with van der Waals surface area (Å²) in [6, 6.07) is 0. The topological polar surface area (TPSA) is 112 Å². The number of hydrogen-bond donors (Lipinski definition) is 2. The van der Waals surface area contributed by atoms with Crippen molar-refractivity contribution in [1.29, 1.82) is 0 Å². The first-order valence-electron chi connectivity index (χ1n) is 5.58. The molecular formula is C11H12N4O4. The molecule has 0 spiro atoms. The van der Waals surface area contributed by atoms with Gasteiger partial charge >= 0.3 is 5.97 Å². The van der Waals surface area contributed by atoms with Gasteiger partial charge in [-0.05, 0) is 0 Å². The number of carbonyl (C=O) groups is 3. The Hall–Kier alpha value is -2.51. The molecule has 1 unspecified atom stereocenters. The number of hydrogen-bond acceptors (Lipinski definition) is 5. The molecule has 100 valence electrons. The van der Waals surface area contributed by atoms with Crippen molar-refractivity contribution in [3.05, 3.63) is 18.1 Å². The van der Waals surface area contributed by atoms with Crippen molar-refractivity contribution < 1.29 is 19.5 Å². The summed E-state index contributed by atoms with van der Waals surface area (Å²) < 4.78 is 0. The normalized spacial score (nSPS) is 18.5. The molecule has 0 aromatic carbocycles. The maximum atomic E-state index is 11.9. The summed E-state index contributed by atoms with van der Waals surface area (Å²) in [4.78, 5) is 43.0. The third-order valence-electron chi connectivity index (χ3n) is 2.85. The van der Waals surface area contributed by atoms with E-state index in [0.717, 1.165) is 0 Å². The molecule has 0 bridgehead atoms. The van der Waals surface area contributed by atoms with E-state index in [1.807, 2.05) is 0 Å². The molecule has 19 heavy (non-hydrogen) atoms. The van der Waals surface area contributed by atoms with Gasteiger partial charge in [0.25, 0.3) is 0 Å². The van der Waals surface area contributed by atoms with E-state index >= 15 is 0 Å². The maximum absolute atomic E-state index is 11.9. The highest BCUT2D eigenvalue weighted by atomic mass is 16.4. The summed E-state index contributed by atoms with van der Waals surface area (Å²) in [5, 5.41) is 11.3. The lowest BCUT2D eigenvalue weighted by atomic mass is 10.1. The highest BCUT2D eigenvalue weighted by Gasteiger charge is 2.32. The zero-order chi connectivity index (χ0) is 14.0. The Balaban J connectivity index is 2.12. The van der Waals surface area contributed by atoms with Crippen LogP contribution in [-0.2, 0) is 9.59 Å². The van der Waals surface area contributed by atoms with Gasteiger partial charge in [-0.3, -0.25) is 9.59 Å². The smallest absolute Gasteiger partial charge is 0.358 e. The second-order valence-electron chi connectivity index (χ2n) is 4.22. The van der Waals surface area contributed by atoms with E-state index in [1.54, 1.807) is 7.05 Å². The van der Waals surface area contributed by atoms with Crippen molar-refractivity contribution in [2.75, 3.05) is 18.9 Å². The molecule has 0 aliphatic carbocycles. The maximum Gasteiger partial charge on any atom is 0.358 e. The van der Waals surface area contributed by atoms with Crippen LogP contribution in [0.15, 0.2) is 12.4 Å². The van der Waals surface area contributed by atoms with Gasteiger partial charge in [0.05, 0.1) is 5.92 Å². The molecule has 2 N–H and O–H groups in total. The number of amides is 2. The van der Waals surface area contributed by atoms with Crippen LogP contribution < -0.4 is 5.32 Å². The van der Waals surface area contributed by atoms with Gasteiger partial charge in [0, 0.05) is 32.4 Å². The number of likely N-dealkylation sites (tertiary alicyclic amines) is 1. The fourth-order valence-corrected chi connectivity index (χ4v) is 1.84. The molecule has 2 amide bonds. The van der Waals surface area contributed by atoms with Crippen LogP contribution in [0.5, 0.6) is 0 Å². The molecule has 1 fully saturated rings. The Morgan fingerprint density at radius 3 is 2.68 bits per heavy atom. The lowest BCUT2D eigenvalue weighted by Crippen LogP contribution is -2.27. The van der Waals surface area contributed by atoms with E-state index in [-0.39, 0.29) is 23.8 Å². The van der Waals surface area contributed by atoms with Crippen LogP contribution >= 0.6 is 0 Å². The van der Waals surface area contributed by atoms with E-state index in [4.69, 9.17) is 5.11 Å². The van der Waals surface area contributed by atoms with Gasteiger partial charge < -0.3 is 15.3 Å². The Morgan fingerprint density at radius 1 is 1.42 bits per heavy atom. The van der Waals surface area contributed by atoms with Gasteiger partial charge in [0.15, 0.2) is 11.5 Å². The standard InChI is InChI=1S/C11H12N4O4/c1-15-5-6(4-7(15)16)10(17)14-9-8(11(18)19)12-2-3-13-9/h2-3,6H,4-5H2,1H3,(H,18,19)(H,13,14,17). The minimum absolute atomic E-state index is 0.109. The third-order valence-corrected chi connectivity index (χ3v) is 2.85. The predicted molar refractivity (Wildman–Crippen MR) is 63.4 cm³/mol. The number of nitrogens with one attached hydrogen (secondary N) is 1. The number of carbonyl (C=O) groups excluding carboxylic acids is 2. The Bertz CT molecular complexity index is 545. The lowest BCUT2D eigenvalue weighted by Gasteiger charge is -2.11. The van der Waals surface area contributed by atoms with Gasteiger partial charge in [-0.1, -0.05) is 0 Å². The third kappa shape index (κ3) is 2.67. The molecule has 8 nitrogen and oxygen atoms in total. The fraction of sp³-hybridized carbons (Fsp3) is 0.364. The molecule has 1 aliphatic heterocycles. The van der Waals surface area contributed by atoms with E-state index in [1.165, 1.54) is 17.3 Å². The highest BCUT2D eigenvalue weighted by molar-refractivity contribution is 6.00. The number of nitrogens with zero attached hydrogens (tertiary/aromatic N) is 3.